The molecule has 0 aliphatic heterocycles. The van der Waals surface area contributed by atoms with Gasteiger partial charge in [0, 0.05) is 18.8 Å². The Morgan fingerprint density at radius 3 is 1.78 bits per heavy atom. The molecule has 0 aliphatic rings. The van der Waals surface area contributed by atoms with E-state index >= 15 is 0 Å². The zero-order valence-corrected chi connectivity index (χ0v) is 14.7. The van der Waals surface area contributed by atoms with Crippen LogP contribution >= 0.6 is 0 Å². The minimum atomic E-state index is 0.522. The highest BCUT2D eigenvalue weighted by molar-refractivity contribution is 5.36. The minimum Gasteiger partial charge on any atom is -0.457 e. The van der Waals surface area contributed by atoms with Gasteiger partial charge in [-0.2, -0.15) is 0 Å². The Morgan fingerprint density at radius 2 is 1.11 bits per heavy atom. The molecule has 1 aromatic heterocycles. The molecule has 4 rings (SSSR count). The SMILES string of the molecule is c1ccc(Oc2ccc(Cc3nccnc3Oc3ccccc3)cc2)cc1. The van der Waals surface area contributed by atoms with Crippen LogP contribution in [-0.4, -0.2) is 9.97 Å². The monoisotopic (exact) mass is 354 g/mol. The number of hydrogen-bond acceptors (Lipinski definition) is 4. The van der Waals surface area contributed by atoms with E-state index in [-0.39, 0.29) is 0 Å². The Labute approximate surface area is 158 Å². The Bertz CT molecular complexity index is 988. The van der Waals surface area contributed by atoms with Crippen LogP contribution < -0.4 is 9.47 Å². The fraction of sp³-hybridized carbons (Fsp3) is 0.0435. The normalized spacial score (nSPS) is 10.4. The molecule has 0 atom stereocenters. The van der Waals surface area contributed by atoms with Gasteiger partial charge in [0.25, 0.3) is 0 Å². The fourth-order valence-electron chi connectivity index (χ4n) is 2.65. The van der Waals surface area contributed by atoms with Crippen LogP contribution in [0.1, 0.15) is 11.3 Å². The lowest BCUT2D eigenvalue weighted by atomic mass is 10.1. The van der Waals surface area contributed by atoms with Crippen LogP contribution in [0.2, 0.25) is 0 Å². The number of para-hydroxylation sites is 2. The predicted octanol–water partition coefficient (Wildman–Crippen LogP) is 5.65. The van der Waals surface area contributed by atoms with Gasteiger partial charge in [-0.15, -0.1) is 0 Å². The van der Waals surface area contributed by atoms with Crippen LogP contribution in [0.25, 0.3) is 0 Å². The number of rotatable bonds is 6. The van der Waals surface area contributed by atoms with E-state index in [0.29, 0.717) is 12.3 Å². The van der Waals surface area contributed by atoms with E-state index in [1.807, 2.05) is 84.9 Å². The van der Waals surface area contributed by atoms with Crippen molar-refractivity contribution < 1.29 is 9.47 Å². The van der Waals surface area contributed by atoms with Gasteiger partial charge >= 0.3 is 0 Å². The summed E-state index contributed by atoms with van der Waals surface area (Å²) in [5, 5.41) is 0. The number of ether oxygens (including phenoxy) is 2. The Balaban J connectivity index is 1.48. The molecule has 0 unspecified atom stereocenters. The van der Waals surface area contributed by atoms with Crippen molar-refractivity contribution in [2.75, 3.05) is 0 Å². The van der Waals surface area contributed by atoms with E-state index in [2.05, 4.69) is 9.97 Å². The predicted molar refractivity (Wildman–Crippen MR) is 104 cm³/mol. The molecular weight excluding hydrogens is 336 g/mol. The third-order valence-corrected chi connectivity index (χ3v) is 3.97. The highest BCUT2D eigenvalue weighted by Gasteiger charge is 2.09. The molecule has 0 N–H and O–H groups in total. The van der Waals surface area contributed by atoms with Gasteiger partial charge in [0.15, 0.2) is 0 Å². The standard InChI is InChI=1S/C23H18N2O2/c1-3-7-19(8-4-1)26-21-13-11-18(12-14-21)17-22-23(25-16-15-24-22)27-20-9-5-2-6-10-20/h1-16H,17H2. The molecule has 27 heavy (non-hydrogen) atoms. The van der Waals surface area contributed by atoms with Gasteiger partial charge in [0.05, 0.1) is 0 Å². The van der Waals surface area contributed by atoms with Crippen molar-refractivity contribution in [1.29, 1.82) is 0 Å². The van der Waals surface area contributed by atoms with Crippen LogP contribution in [0.3, 0.4) is 0 Å². The maximum Gasteiger partial charge on any atom is 0.241 e. The first kappa shape index (κ1) is 16.8. The van der Waals surface area contributed by atoms with Crippen molar-refractivity contribution in [3.05, 3.63) is 109 Å². The molecule has 4 nitrogen and oxygen atoms in total. The van der Waals surface area contributed by atoms with Gasteiger partial charge in [0.2, 0.25) is 5.88 Å². The summed E-state index contributed by atoms with van der Waals surface area (Å²) in [5.74, 6) is 2.88. The van der Waals surface area contributed by atoms with Crippen LogP contribution in [0.5, 0.6) is 23.1 Å². The Hall–Kier alpha value is -3.66. The molecule has 132 valence electrons. The second-order valence-corrected chi connectivity index (χ2v) is 5.96. The first-order chi connectivity index (χ1) is 13.4. The number of hydrogen-bond donors (Lipinski definition) is 0. The van der Waals surface area contributed by atoms with E-state index < -0.39 is 0 Å². The van der Waals surface area contributed by atoms with E-state index in [4.69, 9.17) is 9.47 Å². The molecule has 0 bridgehead atoms. The molecule has 4 heteroatoms. The van der Waals surface area contributed by atoms with Crippen LogP contribution in [0.15, 0.2) is 97.3 Å². The van der Waals surface area contributed by atoms with Gasteiger partial charge < -0.3 is 9.47 Å². The number of nitrogens with zero attached hydrogens (tertiary/aromatic N) is 2. The average Bonchev–Trinajstić information content (AvgIpc) is 2.72. The first-order valence-electron chi connectivity index (χ1n) is 8.71. The van der Waals surface area contributed by atoms with Gasteiger partial charge in [-0.05, 0) is 42.0 Å². The van der Waals surface area contributed by atoms with E-state index in [9.17, 15) is 0 Å². The first-order valence-corrected chi connectivity index (χ1v) is 8.71. The summed E-state index contributed by atoms with van der Waals surface area (Å²) in [6, 6.07) is 27.3. The highest BCUT2D eigenvalue weighted by Crippen LogP contribution is 2.25. The second-order valence-electron chi connectivity index (χ2n) is 5.96. The third kappa shape index (κ3) is 4.50. The van der Waals surface area contributed by atoms with Crippen molar-refractivity contribution in [2.24, 2.45) is 0 Å². The summed E-state index contributed by atoms with van der Waals surface area (Å²) in [4.78, 5) is 8.78. The lowest BCUT2D eigenvalue weighted by molar-refractivity contribution is 0.453. The summed E-state index contributed by atoms with van der Waals surface area (Å²) >= 11 is 0. The fourth-order valence-corrected chi connectivity index (χ4v) is 2.65. The van der Waals surface area contributed by atoms with Crippen LogP contribution in [-0.2, 0) is 6.42 Å². The van der Waals surface area contributed by atoms with Gasteiger partial charge in [-0.25, -0.2) is 4.98 Å². The largest absolute Gasteiger partial charge is 0.457 e. The minimum absolute atomic E-state index is 0.522. The summed E-state index contributed by atoms with van der Waals surface area (Å²) < 4.78 is 11.7. The van der Waals surface area contributed by atoms with Crippen molar-refractivity contribution >= 4 is 0 Å². The summed E-state index contributed by atoms with van der Waals surface area (Å²) in [5.41, 5.74) is 1.90. The van der Waals surface area contributed by atoms with E-state index in [1.54, 1.807) is 12.4 Å². The van der Waals surface area contributed by atoms with E-state index in [0.717, 1.165) is 28.5 Å². The molecule has 0 spiro atoms. The van der Waals surface area contributed by atoms with Crippen LogP contribution in [0, 0.1) is 0 Å². The van der Waals surface area contributed by atoms with E-state index in [1.165, 1.54) is 0 Å². The Morgan fingerprint density at radius 1 is 0.556 bits per heavy atom. The average molecular weight is 354 g/mol. The molecule has 4 aromatic rings. The van der Waals surface area contributed by atoms with Crippen molar-refractivity contribution in [3.63, 3.8) is 0 Å². The zero-order chi connectivity index (χ0) is 18.3. The molecule has 0 radical (unpaired) electrons. The molecule has 0 fully saturated rings. The van der Waals surface area contributed by atoms with Crippen molar-refractivity contribution in [1.82, 2.24) is 9.97 Å². The van der Waals surface area contributed by atoms with Crippen LogP contribution in [0.4, 0.5) is 0 Å². The maximum absolute atomic E-state index is 5.89. The molecule has 0 amide bonds. The lowest BCUT2D eigenvalue weighted by Crippen LogP contribution is -1.99. The zero-order valence-electron chi connectivity index (χ0n) is 14.7. The number of aromatic nitrogens is 2. The molecule has 3 aromatic carbocycles. The number of benzene rings is 3. The lowest BCUT2D eigenvalue weighted by Gasteiger charge is -2.10. The quantitative estimate of drug-likeness (QED) is 0.449. The van der Waals surface area contributed by atoms with Gasteiger partial charge in [-0.1, -0.05) is 48.5 Å². The summed E-state index contributed by atoms with van der Waals surface area (Å²) in [7, 11) is 0. The summed E-state index contributed by atoms with van der Waals surface area (Å²) in [6.45, 7) is 0. The third-order valence-electron chi connectivity index (χ3n) is 3.97. The second kappa shape index (κ2) is 8.15. The van der Waals surface area contributed by atoms with Crippen molar-refractivity contribution in [3.8, 4) is 23.1 Å². The molecule has 1 heterocycles. The maximum atomic E-state index is 5.89. The topological polar surface area (TPSA) is 44.2 Å². The highest BCUT2D eigenvalue weighted by atomic mass is 16.5. The van der Waals surface area contributed by atoms with Gasteiger partial charge in [-0.3, -0.25) is 4.98 Å². The molecular formula is C23H18N2O2. The Kier molecular flexibility index (Phi) is 5.07. The van der Waals surface area contributed by atoms with Gasteiger partial charge in [0.1, 0.15) is 22.9 Å². The molecule has 0 saturated carbocycles. The summed E-state index contributed by atoms with van der Waals surface area (Å²) in [6.07, 6.45) is 3.94. The molecule has 0 saturated heterocycles. The van der Waals surface area contributed by atoms with Crippen molar-refractivity contribution in [2.45, 2.75) is 6.42 Å². The molecule has 0 aliphatic carbocycles. The smallest absolute Gasteiger partial charge is 0.241 e.